The van der Waals surface area contributed by atoms with Crippen LogP contribution in [0.2, 0.25) is 0 Å². The summed E-state index contributed by atoms with van der Waals surface area (Å²) in [6.45, 7) is 6.26. The Balaban J connectivity index is 2.55. The van der Waals surface area contributed by atoms with Crippen LogP contribution in [0.25, 0.3) is 5.69 Å². The maximum absolute atomic E-state index is 7.63. The number of nitrogens with one attached hydrogen (secondary N) is 1. The lowest BCUT2D eigenvalue weighted by molar-refractivity contribution is 0.759. The number of nitrogens with zero attached hydrogens (tertiary/aromatic N) is 2. The molecule has 0 radical (unpaired) electrons. The summed E-state index contributed by atoms with van der Waals surface area (Å²) >= 11 is 1.37. The van der Waals surface area contributed by atoms with Gasteiger partial charge in [-0.15, -0.1) is 0 Å². The fraction of sp³-hybridized carbons (Fsp3) is 0.333. The first-order valence-corrected chi connectivity index (χ1v) is 6.07. The molecule has 0 aliphatic carbocycles. The molecule has 0 saturated heterocycles. The van der Waals surface area contributed by atoms with Gasteiger partial charge >= 0.3 is 0 Å². The fourth-order valence-electron chi connectivity index (χ4n) is 1.53. The first-order chi connectivity index (χ1) is 7.58. The normalized spacial score (nSPS) is 11.0. The van der Waals surface area contributed by atoms with E-state index in [1.165, 1.54) is 17.1 Å². The molecule has 0 spiro atoms. The van der Waals surface area contributed by atoms with Crippen LogP contribution in [0, 0.1) is 12.3 Å². The average Bonchev–Trinajstić information content (AvgIpc) is 2.61. The Morgan fingerprint density at radius 1 is 1.25 bits per heavy atom. The highest BCUT2D eigenvalue weighted by Gasteiger charge is 2.10. The molecule has 2 aromatic rings. The Kier molecular flexibility index (Phi) is 2.92. The largest absolute Gasteiger partial charge is 0.272 e. The molecule has 0 aliphatic heterocycles. The van der Waals surface area contributed by atoms with E-state index in [2.05, 4.69) is 50.0 Å². The number of benzene rings is 1. The van der Waals surface area contributed by atoms with Crippen molar-refractivity contribution in [1.82, 2.24) is 8.94 Å². The van der Waals surface area contributed by atoms with Crippen molar-refractivity contribution in [2.75, 3.05) is 0 Å². The summed E-state index contributed by atoms with van der Waals surface area (Å²) in [7, 11) is 0. The van der Waals surface area contributed by atoms with Gasteiger partial charge in [0, 0.05) is 5.92 Å². The van der Waals surface area contributed by atoms with Crippen molar-refractivity contribution in [3.8, 4) is 5.69 Å². The maximum Gasteiger partial charge on any atom is 0.219 e. The summed E-state index contributed by atoms with van der Waals surface area (Å²) in [6, 6.07) is 8.29. The van der Waals surface area contributed by atoms with E-state index in [1.807, 2.05) is 3.96 Å². The SMILES string of the molecule is Cc1ccc(-n2sc(=N)nc2C(C)C)cc1. The molecule has 0 saturated carbocycles. The van der Waals surface area contributed by atoms with E-state index in [1.54, 1.807) is 0 Å². The maximum atomic E-state index is 7.63. The molecule has 0 atom stereocenters. The van der Waals surface area contributed by atoms with Gasteiger partial charge in [0.15, 0.2) is 0 Å². The lowest BCUT2D eigenvalue weighted by atomic mass is 10.2. The van der Waals surface area contributed by atoms with Gasteiger partial charge in [-0.25, -0.2) is 8.94 Å². The molecule has 1 heterocycles. The molecule has 3 nitrogen and oxygen atoms in total. The minimum absolute atomic E-state index is 0.330. The fourth-order valence-corrected chi connectivity index (χ4v) is 2.41. The molecule has 0 bridgehead atoms. The van der Waals surface area contributed by atoms with Gasteiger partial charge in [0.05, 0.1) is 5.69 Å². The molecular weight excluding hydrogens is 218 g/mol. The predicted molar refractivity (Wildman–Crippen MR) is 66.1 cm³/mol. The van der Waals surface area contributed by atoms with Gasteiger partial charge in [-0.2, -0.15) is 0 Å². The molecule has 16 heavy (non-hydrogen) atoms. The van der Waals surface area contributed by atoms with Crippen LogP contribution in [0.3, 0.4) is 0 Å². The molecule has 1 N–H and O–H groups in total. The van der Waals surface area contributed by atoms with E-state index in [-0.39, 0.29) is 0 Å². The van der Waals surface area contributed by atoms with Crippen LogP contribution in [0.4, 0.5) is 0 Å². The van der Waals surface area contributed by atoms with Gasteiger partial charge in [-0.1, -0.05) is 31.5 Å². The Morgan fingerprint density at radius 2 is 1.88 bits per heavy atom. The van der Waals surface area contributed by atoms with E-state index in [4.69, 9.17) is 5.41 Å². The van der Waals surface area contributed by atoms with Crippen molar-refractivity contribution in [2.24, 2.45) is 0 Å². The zero-order chi connectivity index (χ0) is 11.7. The minimum atomic E-state index is 0.330. The van der Waals surface area contributed by atoms with Gasteiger partial charge in [-0.3, -0.25) is 5.41 Å². The highest BCUT2D eigenvalue weighted by molar-refractivity contribution is 7.03. The molecule has 0 aliphatic rings. The van der Waals surface area contributed by atoms with Crippen LogP contribution >= 0.6 is 11.5 Å². The van der Waals surface area contributed by atoms with Crippen molar-refractivity contribution < 1.29 is 0 Å². The Bertz CT molecular complexity index is 534. The number of hydrogen-bond acceptors (Lipinski definition) is 3. The van der Waals surface area contributed by atoms with Crippen LogP contribution in [0.1, 0.15) is 31.2 Å². The molecule has 84 valence electrons. The first-order valence-electron chi connectivity index (χ1n) is 5.30. The summed E-state index contributed by atoms with van der Waals surface area (Å²) in [5.41, 5.74) is 2.33. The van der Waals surface area contributed by atoms with Crippen LogP contribution < -0.4 is 4.80 Å². The third-order valence-electron chi connectivity index (χ3n) is 2.39. The zero-order valence-corrected chi connectivity index (χ0v) is 10.5. The zero-order valence-electron chi connectivity index (χ0n) is 9.69. The molecule has 1 aromatic heterocycles. The van der Waals surface area contributed by atoms with Gasteiger partial charge in [0.1, 0.15) is 5.82 Å². The van der Waals surface area contributed by atoms with Crippen LogP contribution in [0.5, 0.6) is 0 Å². The standard InChI is InChI=1S/C12H15N3S/c1-8(2)11-14-12(13)16-15(11)10-6-4-9(3)5-7-10/h4-8,13H,1-3H3. The molecule has 0 fully saturated rings. The Hall–Kier alpha value is -1.42. The second-order valence-electron chi connectivity index (χ2n) is 4.15. The van der Waals surface area contributed by atoms with E-state index in [9.17, 15) is 0 Å². The van der Waals surface area contributed by atoms with Crippen LogP contribution in [-0.4, -0.2) is 8.94 Å². The van der Waals surface area contributed by atoms with E-state index in [0.29, 0.717) is 10.7 Å². The minimum Gasteiger partial charge on any atom is -0.272 e. The van der Waals surface area contributed by atoms with Gasteiger partial charge in [0.25, 0.3) is 0 Å². The van der Waals surface area contributed by atoms with E-state index < -0.39 is 0 Å². The van der Waals surface area contributed by atoms with Gasteiger partial charge < -0.3 is 0 Å². The third kappa shape index (κ3) is 2.07. The van der Waals surface area contributed by atoms with Crippen molar-refractivity contribution >= 4 is 11.5 Å². The molecule has 1 aromatic carbocycles. The second kappa shape index (κ2) is 4.22. The summed E-state index contributed by atoms with van der Waals surface area (Å²) in [5.74, 6) is 1.29. The molecule has 4 heteroatoms. The predicted octanol–water partition coefficient (Wildman–Crippen LogP) is 2.85. The summed E-state index contributed by atoms with van der Waals surface area (Å²) in [5, 5.41) is 7.63. The van der Waals surface area contributed by atoms with Crippen LogP contribution in [0.15, 0.2) is 24.3 Å². The lowest BCUT2D eigenvalue weighted by Crippen LogP contribution is -2.02. The highest BCUT2D eigenvalue weighted by atomic mass is 32.1. The van der Waals surface area contributed by atoms with Crippen molar-refractivity contribution in [3.63, 3.8) is 0 Å². The number of rotatable bonds is 2. The van der Waals surface area contributed by atoms with Crippen molar-refractivity contribution in [3.05, 3.63) is 40.5 Å². The quantitative estimate of drug-likeness (QED) is 0.851. The topological polar surface area (TPSA) is 41.7 Å². The van der Waals surface area contributed by atoms with E-state index in [0.717, 1.165) is 11.5 Å². The Labute approximate surface area is 99.1 Å². The molecule has 0 unspecified atom stereocenters. The van der Waals surface area contributed by atoms with Crippen LogP contribution in [-0.2, 0) is 0 Å². The van der Waals surface area contributed by atoms with Gasteiger partial charge in [-0.05, 0) is 30.6 Å². The number of aryl methyl sites for hydroxylation is 1. The molecular formula is C12H15N3S. The van der Waals surface area contributed by atoms with Crippen molar-refractivity contribution in [2.45, 2.75) is 26.7 Å². The first kappa shape index (κ1) is 11.1. The Morgan fingerprint density at radius 3 is 2.44 bits per heavy atom. The summed E-state index contributed by atoms with van der Waals surface area (Å²) in [4.78, 5) is 4.62. The number of hydrogen-bond donors (Lipinski definition) is 1. The second-order valence-corrected chi connectivity index (χ2v) is 5.09. The summed E-state index contributed by atoms with van der Waals surface area (Å²) < 4.78 is 2.03. The molecule has 2 rings (SSSR count). The third-order valence-corrected chi connectivity index (χ3v) is 3.23. The summed E-state index contributed by atoms with van der Waals surface area (Å²) in [6.07, 6.45) is 0. The highest BCUT2D eigenvalue weighted by Crippen LogP contribution is 2.18. The average molecular weight is 233 g/mol. The monoisotopic (exact) mass is 233 g/mol. The van der Waals surface area contributed by atoms with Crippen molar-refractivity contribution in [1.29, 1.82) is 5.41 Å². The smallest absolute Gasteiger partial charge is 0.219 e. The lowest BCUT2D eigenvalue weighted by Gasteiger charge is -2.08. The number of aromatic nitrogens is 2. The van der Waals surface area contributed by atoms with E-state index >= 15 is 0 Å². The molecule has 0 amide bonds. The van der Waals surface area contributed by atoms with Gasteiger partial charge in [0.2, 0.25) is 4.80 Å².